The van der Waals surface area contributed by atoms with Crippen molar-refractivity contribution in [3.8, 4) is 6.07 Å². The number of fused-ring (bicyclic) bond motifs is 1. The van der Waals surface area contributed by atoms with E-state index in [0.717, 1.165) is 6.07 Å². The first-order valence-electron chi connectivity index (χ1n) is 9.93. The summed E-state index contributed by atoms with van der Waals surface area (Å²) >= 11 is 0. The number of halogens is 3. The Morgan fingerprint density at radius 2 is 2.13 bits per heavy atom. The number of aromatic nitrogens is 2. The van der Waals surface area contributed by atoms with Gasteiger partial charge in [0, 0.05) is 56.4 Å². The highest BCUT2D eigenvalue weighted by Gasteiger charge is 2.50. The van der Waals surface area contributed by atoms with E-state index in [0.29, 0.717) is 44.0 Å². The molecule has 1 aromatic carbocycles. The minimum absolute atomic E-state index is 0.0894. The lowest BCUT2D eigenvalue weighted by atomic mass is 9.73. The van der Waals surface area contributed by atoms with Crippen LogP contribution in [-0.2, 0) is 13.2 Å². The molecule has 2 fully saturated rings. The van der Waals surface area contributed by atoms with Crippen LogP contribution in [0.5, 0.6) is 0 Å². The zero-order valence-electron chi connectivity index (χ0n) is 16.9. The van der Waals surface area contributed by atoms with Crippen molar-refractivity contribution in [2.24, 2.45) is 18.4 Å². The largest absolute Gasteiger partial charge is 0.417 e. The van der Waals surface area contributed by atoms with Gasteiger partial charge in [-0.1, -0.05) is 0 Å². The van der Waals surface area contributed by atoms with Crippen LogP contribution >= 0.6 is 0 Å². The van der Waals surface area contributed by atoms with E-state index in [4.69, 9.17) is 5.26 Å². The van der Waals surface area contributed by atoms with Gasteiger partial charge in [-0.05, 0) is 30.7 Å². The van der Waals surface area contributed by atoms with Crippen molar-refractivity contribution in [3.05, 3.63) is 47.3 Å². The van der Waals surface area contributed by atoms with E-state index in [1.165, 1.54) is 16.8 Å². The number of likely N-dealkylation sites (tertiary alicyclic amines) is 1. The standard InChI is InChI=1S/C21H22F3N5O2/c1-27-18(4-6-26-27)19(31)29-11-15-10-28(7-5-20(15,12-29)13-30)16-3-2-14(9-25)17(8-16)21(22,23)24/h2-4,6,8,15,30H,5,7,10-13H2,1H3/t15-,20+/m1/s1. The lowest BCUT2D eigenvalue weighted by Gasteiger charge is -2.43. The fourth-order valence-corrected chi connectivity index (χ4v) is 4.74. The van der Waals surface area contributed by atoms with E-state index in [2.05, 4.69) is 5.10 Å². The second-order valence-electron chi connectivity index (χ2n) is 8.28. The van der Waals surface area contributed by atoms with Crippen molar-refractivity contribution >= 4 is 11.6 Å². The van der Waals surface area contributed by atoms with Crippen LogP contribution in [0, 0.1) is 22.7 Å². The average Bonchev–Trinajstić information content (AvgIpc) is 3.35. The van der Waals surface area contributed by atoms with Gasteiger partial charge in [-0.15, -0.1) is 0 Å². The second kappa shape index (κ2) is 7.57. The summed E-state index contributed by atoms with van der Waals surface area (Å²) in [6, 6.07) is 6.96. The summed E-state index contributed by atoms with van der Waals surface area (Å²) in [7, 11) is 1.68. The molecule has 0 saturated carbocycles. The zero-order chi connectivity index (χ0) is 22.4. The number of carbonyl (C=O) groups excluding carboxylic acids is 1. The molecule has 10 heteroatoms. The number of nitriles is 1. The molecule has 0 bridgehead atoms. The molecule has 0 aliphatic carbocycles. The van der Waals surface area contributed by atoms with Crippen LogP contribution in [0.2, 0.25) is 0 Å². The maximum Gasteiger partial charge on any atom is 0.417 e. The monoisotopic (exact) mass is 433 g/mol. The van der Waals surface area contributed by atoms with Gasteiger partial charge in [0.15, 0.2) is 0 Å². The first kappa shape index (κ1) is 21.2. The molecule has 1 aromatic heterocycles. The Morgan fingerprint density at radius 1 is 1.35 bits per heavy atom. The van der Waals surface area contributed by atoms with E-state index in [1.807, 2.05) is 4.90 Å². The summed E-state index contributed by atoms with van der Waals surface area (Å²) in [5.74, 6) is -0.264. The Bertz CT molecular complexity index is 1040. The number of hydrogen-bond donors (Lipinski definition) is 1. The lowest BCUT2D eigenvalue weighted by Crippen LogP contribution is -2.49. The molecule has 1 N–H and O–H groups in total. The molecule has 2 saturated heterocycles. The number of anilines is 1. The maximum atomic E-state index is 13.4. The summed E-state index contributed by atoms with van der Waals surface area (Å²) in [6.07, 6.45) is -2.53. The molecular formula is C21H22F3N5O2. The minimum atomic E-state index is -4.62. The number of aliphatic hydroxyl groups is 1. The molecule has 3 heterocycles. The third-order valence-electron chi connectivity index (χ3n) is 6.57. The first-order valence-corrected chi connectivity index (χ1v) is 9.93. The molecule has 2 aliphatic rings. The SMILES string of the molecule is Cn1nccc1C(=O)N1C[C@H]2CN(c3ccc(C#N)c(C(F)(F)F)c3)CC[C@@]2(CO)C1. The van der Waals surface area contributed by atoms with Crippen molar-refractivity contribution in [2.45, 2.75) is 12.6 Å². The number of aryl methyl sites for hydroxylation is 1. The molecule has 4 rings (SSSR count). The van der Waals surface area contributed by atoms with Gasteiger partial charge >= 0.3 is 6.18 Å². The lowest BCUT2D eigenvalue weighted by molar-refractivity contribution is -0.137. The maximum absolute atomic E-state index is 13.4. The van der Waals surface area contributed by atoms with Gasteiger partial charge in [0.25, 0.3) is 5.91 Å². The van der Waals surface area contributed by atoms with Crippen molar-refractivity contribution in [3.63, 3.8) is 0 Å². The Balaban J connectivity index is 1.57. The Morgan fingerprint density at radius 3 is 2.74 bits per heavy atom. The van der Waals surface area contributed by atoms with E-state index in [1.54, 1.807) is 30.3 Å². The molecule has 0 radical (unpaired) electrons. The normalized spacial score (nSPS) is 23.5. The van der Waals surface area contributed by atoms with Crippen LogP contribution in [0.3, 0.4) is 0 Å². The molecule has 1 amide bonds. The topological polar surface area (TPSA) is 85.4 Å². The van der Waals surface area contributed by atoms with Gasteiger partial charge in [0.1, 0.15) is 5.69 Å². The van der Waals surface area contributed by atoms with E-state index in [-0.39, 0.29) is 18.4 Å². The highest BCUT2D eigenvalue weighted by atomic mass is 19.4. The predicted octanol–water partition coefficient (Wildman–Crippen LogP) is 2.27. The minimum Gasteiger partial charge on any atom is -0.396 e. The van der Waals surface area contributed by atoms with Crippen molar-refractivity contribution in [2.75, 3.05) is 37.7 Å². The number of rotatable bonds is 3. The number of piperidine rings is 1. The smallest absolute Gasteiger partial charge is 0.396 e. The molecule has 164 valence electrons. The zero-order valence-corrected chi connectivity index (χ0v) is 16.9. The molecule has 2 aromatic rings. The fraction of sp³-hybridized carbons (Fsp3) is 0.476. The fourth-order valence-electron chi connectivity index (χ4n) is 4.74. The Hall–Kier alpha value is -3.06. The van der Waals surface area contributed by atoms with Crippen molar-refractivity contribution < 1.29 is 23.1 Å². The number of benzene rings is 1. The van der Waals surface area contributed by atoms with Crippen molar-refractivity contribution in [1.29, 1.82) is 5.26 Å². The van der Waals surface area contributed by atoms with Gasteiger partial charge < -0.3 is 14.9 Å². The third kappa shape index (κ3) is 3.63. The number of aliphatic hydroxyl groups excluding tert-OH is 1. The van der Waals surface area contributed by atoms with Crippen LogP contribution in [0.1, 0.15) is 28.0 Å². The van der Waals surface area contributed by atoms with E-state index >= 15 is 0 Å². The van der Waals surface area contributed by atoms with Gasteiger partial charge in [-0.2, -0.15) is 23.5 Å². The predicted molar refractivity (Wildman–Crippen MR) is 105 cm³/mol. The number of nitrogens with zero attached hydrogens (tertiary/aromatic N) is 5. The van der Waals surface area contributed by atoms with Crippen LogP contribution < -0.4 is 4.90 Å². The molecule has 7 nitrogen and oxygen atoms in total. The van der Waals surface area contributed by atoms with Gasteiger partial charge in [0.2, 0.25) is 0 Å². The highest BCUT2D eigenvalue weighted by Crippen LogP contribution is 2.44. The Labute approximate surface area is 177 Å². The Kier molecular flexibility index (Phi) is 5.17. The van der Waals surface area contributed by atoms with E-state index in [9.17, 15) is 23.1 Å². The average molecular weight is 433 g/mol. The first-order chi connectivity index (χ1) is 14.7. The molecule has 2 atom stereocenters. The third-order valence-corrected chi connectivity index (χ3v) is 6.57. The van der Waals surface area contributed by atoms with E-state index < -0.39 is 22.7 Å². The molecule has 2 aliphatic heterocycles. The summed E-state index contributed by atoms with van der Waals surface area (Å²) in [4.78, 5) is 16.5. The van der Waals surface area contributed by atoms with Crippen LogP contribution in [-0.4, -0.2) is 58.5 Å². The van der Waals surface area contributed by atoms with Crippen LogP contribution in [0.15, 0.2) is 30.5 Å². The molecular weight excluding hydrogens is 411 g/mol. The van der Waals surface area contributed by atoms with Gasteiger partial charge in [0.05, 0.1) is 23.8 Å². The van der Waals surface area contributed by atoms with Gasteiger partial charge in [-0.25, -0.2) is 0 Å². The summed E-state index contributed by atoms with van der Waals surface area (Å²) in [5.41, 5.74) is -1.01. The molecule has 0 unspecified atom stereocenters. The van der Waals surface area contributed by atoms with Crippen molar-refractivity contribution in [1.82, 2.24) is 14.7 Å². The number of hydrogen-bond acceptors (Lipinski definition) is 5. The summed E-state index contributed by atoms with van der Waals surface area (Å²) in [5, 5.41) is 23.2. The number of carbonyl (C=O) groups is 1. The highest BCUT2D eigenvalue weighted by molar-refractivity contribution is 5.92. The summed E-state index contributed by atoms with van der Waals surface area (Å²) < 4.78 is 41.6. The quantitative estimate of drug-likeness (QED) is 0.803. The van der Waals surface area contributed by atoms with Gasteiger partial charge in [-0.3, -0.25) is 9.48 Å². The molecule has 0 spiro atoms. The number of alkyl halides is 3. The summed E-state index contributed by atoms with van der Waals surface area (Å²) in [6.45, 7) is 1.57. The number of amides is 1. The molecule has 31 heavy (non-hydrogen) atoms. The van der Waals surface area contributed by atoms with Crippen LogP contribution in [0.4, 0.5) is 18.9 Å². The second-order valence-corrected chi connectivity index (χ2v) is 8.28. The van der Waals surface area contributed by atoms with Crippen LogP contribution in [0.25, 0.3) is 0 Å².